The minimum absolute atomic E-state index is 0.00806. The van der Waals surface area contributed by atoms with E-state index in [2.05, 4.69) is 42.7 Å². The minimum atomic E-state index is -5.38. The summed E-state index contributed by atoms with van der Waals surface area (Å²) in [6.45, 7) is 2.95. The third-order valence-corrected chi connectivity index (χ3v) is 12.6. The first kappa shape index (κ1) is 63.7. The van der Waals surface area contributed by atoms with Gasteiger partial charge in [-0.3, -0.25) is 23.2 Å². The highest BCUT2D eigenvalue weighted by Crippen LogP contribution is 2.49. The summed E-state index contributed by atoms with van der Waals surface area (Å²) in [6.07, 6.45) is 27.6. The van der Waals surface area contributed by atoms with Crippen molar-refractivity contribution in [2.75, 3.05) is 13.2 Å². The third-order valence-electron chi connectivity index (χ3n) is 11.1. The van der Waals surface area contributed by atoms with Gasteiger partial charge in [-0.1, -0.05) is 152 Å². The van der Waals surface area contributed by atoms with E-state index in [0.29, 0.717) is 25.7 Å². The van der Waals surface area contributed by atoms with Crippen LogP contribution in [0.4, 0.5) is 0 Å². The number of hydrogen-bond donors (Lipinski definition) is 8. The molecule has 0 aliphatic heterocycles. The van der Waals surface area contributed by atoms with Gasteiger partial charge in [-0.2, -0.15) is 0 Å². The number of unbranched alkanes of at least 4 members (excludes halogenated alkanes) is 17. The van der Waals surface area contributed by atoms with Gasteiger partial charge in [-0.05, 0) is 70.6 Å². The molecule has 0 radical (unpaired) electrons. The molecule has 8 N–H and O–H groups in total. The van der Waals surface area contributed by atoms with Gasteiger partial charge in [0.1, 0.15) is 43.2 Å². The third kappa shape index (κ3) is 33.3. The SMILES string of the molecule is CCCCC/C=C\C/C=C\CC(O)/C=C\C=C\CCCC(=O)OC[C@H](COP(=O)(O)O[C@H]1C(O)C(O)C(O)[C@@H](OP(=O)(O)O)C1O)OC(=O)CCCCCCCCC/C=C\CCCCCCCC. The Morgan fingerprint density at radius 3 is 1.66 bits per heavy atom. The number of esters is 2. The maximum atomic E-state index is 13.0. The van der Waals surface area contributed by atoms with Crippen LogP contribution in [0.1, 0.15) is 174 Å². The van der Waals surface area contributed by atoms with E-state index in [1.54, 1.807) is 18.2 Å². The van der Waals surface area contributed by atoms with Crippen LogP contribution in [0.3, 0.4) is 0 Å². The Hall–Kier alpha value is -2.34. The van der Waals surface area contributed by atoms with Crippen molar-refractivity contribution in [2.24, 2.45) is 0 Å². The number of phosphoric ester groups is 2. The number of hydrogen-bond acceptors (Lipinski definition) is 14. The van der Waals surface area contributed by atoms with Gasteiger partial charge in [0.25, 0.3) is 0 Å². The maximum Gasteiger partial charge on any atom is 0.472 e. The van der Waals surface area contributed by atoms with Crippen molar-refractivity contribution in [3.05, 3.63) is 60.8 Å². The van der Waals surface area contributed by atoms with Crippen molar-refractivity contribution in [3.8, 4) is 0 Å². The van der Waals surface area contributed by atoms with E-state index in [9.17, 15) is 58.9 Å². The fourth-order valence-corrected chi connectivity index (χ4v) is 8.75. The Labute approximate surface area is 405 Å². The standard InChI is InChI=1S/C49H86O17P2/c1-3-5-7-9-11-13-14-15-16-17-18-19-20-22-24-28-33-37-43(52)64-41(39-63-68(60,61)66-49-46(55)44(53)45(54)48(47(49)56)65-67(57,58)59)38-62-42(51)36-32-29-25-27-31-35-40(50)34-30-26-23-21-12-10-8-6-4-2/h12,15-16,21,25-27,30-31,35,40-41,44-50,53-56H,3-11,13-14,17-20,22-24,28-29,32-34,36-39H2,1-2H3,(H,60,61)(H2,57,58,59)/b16-15-,21-12-,27-25+,30-26-,35-31-/t40?,41-,44?,45?,46?,47?,48-,49+/m1/s1. The van der Waals surface area contributed by atoms with Gasteiger partial charge in [0.2, 0.25) is 0 Å². The monoisotopic (exact) mass is 1010 g/mol. The molecule has 68 heavy (non-hydrogen) atoms. The first-order valence-electron chi connectivity index (χ1n) is 24.9. The lowest BCUT2D eigenvalue weighted by atomic mass is 9.85. The molecule has 9 atom stereocenters. The molecule has 0 bridgehead atoms. The zero-order valence-electron chi connectivity index (χ0n) is 40.6. The van der Waals surface area contributed by atoms with Gasteiger partial charge in [-0.25, -0.2) is 9.13 Å². The van der Waals surface area contributed by atoms with Gasteiger partial charge in [-0.15, -0.1) is 0 Å². The van der Waals surface area contributed by atoms with Gasteiger partial charge in [0.15, 0.2) is 6.10 Å². The van der Waals surface area contributed by atoms with Crippen LogP contribution in [0.5, 0.6) is 0 Å². The molecule has 1 fully saturated rings. The van der Waals surface area contributed by atoms with Crippen LogP contribution in [0.25, 0.3) is 0 Å². The second kappa shape index (κ2) is 39.3. The van der Waals surface area contributed by atoms with Crippen LogP contribution in [0, 0.1) is 0 Å². The van der Waals surface area contributed by atoms with E-state index in [1.807, 2.05) is 18.2 Å². The van der Waals surface area contributed by atoms with Gasteiger partial charge in [0.05, 0.1) is 12.7 Å². The highest BCUT2D eigenvalue weighted by atomic mass is 31.2. The molecule has 0 aromatic rings. The van der Waals surface area contributed by atoms with Crippen LogP contribution in [-0.4, -0.2) is 114 Å². The fourth-order valence-electron chi connectivity index (χ4n) is 7.21. The Bertz CT molecular complexity index is 1560. The normalized spacial score (nSPS) is 22.2. The maximum absolute atomic E-state index is 13.0. The Balaban J connectivity index is 2.65. The molecule has 1 aliphatic carbocycles. The molecule has 0 spiro atoms. The second-order valence-electron chi connectivity index (χ2n) is 17.4. The van der Waals surface area contributed by atoms with E-state index in [1.165, 1.54) is 57.8 Å². The molecule has 0 amide bonds. The Morgan fingerprint density at radius 1 is 0.544 bits per heavy atom. The van der Waals surface area contributed by atoms with Crippen LogP contribution in [0.2, 0.25) is 0 Å². The number of rotatable bonds is 41. The van der Waals surface area contributed by atoms with Crippen molar-refractivity contribution in [1.82, 2.24) is 0 Å². The van der Waals surface area contributed by atoms with E-state index in [-0.39, 0.29) is 12.8 Å². The summed E-state index contributed by atoms with van der Waals surface area (Å²) in [6, 6.07) is 0. The molecule has 1 rings (SSSR count). The first-order chi connectivity index (χ1) is 32.5. The van der Waals surface area contributed by atoms with Crippen LogP contribution < -0.4 is 0 Å². The lowest BCUT2D eigenvalue weighted by Gasteiger charge is -2.43. The zero-order valence-corrected chi connectivity index (χ0v) is 42.4. The molecule has 0 aromatic carbocycles. The van der Waals surface area contributed by atoms with Crippen molar-refractivity contribution in [3.63, 3.8) is 0 Å². The van der Waals surface area contributed by atoms with Crippen LogP contribution in [0.15, 0.2) is 60.8 Å². The molecule has 6 unspecified atom stereocenters. The topological polar surface area (TPSA) is 276 Å². The van der Waals surface area contributed by atoms with Crippen LogP contribution >= 0.6 is 15.6 Å². The number of aliphatic hydroxyl groups is 5. The van der Waals surface area contributed by atoms with Gasteiger partial charge in [0, 0.05) is 12.8 Å². The van der Waals surface area contributed by atoms with Crippen molar-refractivity contribution >= 4 is 27.6 Å². The summed E-state index contributed by atoms with van der Waals surface area (Å²) in [4.78, 5) is 54.3. The van der Waals surface area contributed by atoms with Crippen molar-refractivity contribution < 1.29 is 82.0 Å². The summed E-state index contributed by atoms with van der Waals surface area (Å²) in [5.74, 6) is -1.34. The average molecular weight is 1010 g/mol. The minimum Gasteiger partial charge on any atom is -0.462 e. The van der Waals surface area contributed by atoms with E-state index in [4.69, 9.17) is 18.5 Å². The summed E-state index contributed by atoms with van der Waals surface area (Å²) in [7, 11) is -10.7. The fraction of sp³-hybridized carbons (Fsp3) is 0.755. The first-order valence-corrected chi connectivity index (χ1v) is 28.0. The van der Waals surface area contributed by atoms with E-state index >= 15 is 0 Å². The number of carbonyl (C=O) groups is 2. The number of ether oxygens (including phenoxy) is 2. The van der Waals surface area contributed by atoms with Gasteiger partial charge < -0.3 is 49.7 Å². The zero-order chi connectivity index (χ0) is 50.5. The Kier molecular flexibility index (Phi) is 36.8. The highest BCUT2D eigenvalue weighted by Gasteiger charge is 2.54. The van der Waals surface area contributed by atoms with Crippen molar-refractivity contribution in [2.45, 2.75) is 223 Å². The van der Waals surface area contributed by atoms with E-state index in [0.717, 1.165) is 64.2 Å². The highest BCUT2D eigenvalue weighted by molar-refractivity contribution is 7.47. The predicted octanol–water partition coefficient (Wildman–Crippen LogP) is 8.81. The molecule has 19 heteroatoms. The lowest BCUT2D eigenvalue weighted by Crippen LogP contribution is -2.64. The molecule has 1 aliphatic rings. The molecule has 0 heterocycles. The van der Waals surface area contributed by atoms with Gasteiger partial charge >= 0.3 is 27.6 Å². The molecule has 0 saturated heterocycles. The molecule has 1 saturated carbocycles. The van der Waals surface area contributed by atoms with Crippen LogP contribution in [-0.2, 0) is 41.8 Å². The number of aliphatic hydroxyl groups excluding tert-OH is 5. The summed E-state index contributed by atoms with van der Waals surface area (Å²) < 4.78 is 49.3. The van der Waals surface area contributed by atoms with E-state index < -0.39 is 89.6 Å². The smallest absolute Gasteiger partial charge is 0.462 e. The second-order valence-corrected chi connectivity index (χ2v) is 20.0. The number of allylic oxidation sites excluding steroid dienone is 8. The van der Waals surface area contributed by atoms with Crippen molar-refractivity contribution in [1.29, 1.82) is 0 Å². The molecule has 0 aromatic heterocycles. The quantitative estimate of drug-likeness (QED) is 0.00934. The average Bonchev–Trinajstić information content (AvgIpc) is 3.29. The Morgan fingerprint density at radius 2 is 1.04 bits per heavy atom. The lowest BCUT2D eigenvalue weighted by molar-refractivity contribution is -0.216. The predicted molar refractivity (Wildman–Crippen MR) is 261 cm³/mol. The summed E-state index contributed by atoms with van der Waals surface area (Å²) >= 11 is 0. The summed E-state index contributed by atoms with van der Waals surface area (Å²) in [5, 5.41) is 51.4. The molecular weight excluding hydrogens is 922 g/mol. The number of carbonyl (C=O) groups excluding carboxylic acids is 2. The molecule has 394 valence electrons. The molecule has 17 nitrogen and oxygen atoms in total. The number of phosphoric acid groups is 2. The summed E-state index contributed by atoms with van der Waals surface area (Å²) in [5.41, 5.74) is 0. The molecular formula is C49H86O17P2. The largest absolute Gasteiger partial charge is 0.472 e.